The van der Waals surface area contributed by atoms with Crippen LogP contribution in [-0.4, -0.2) is 54.8 Å². The van der Waals surface area contributed by atoms with Crippen molar-refractivity contribution in [1.29, 1.82) is 0 Å². The Labute approximate surface area is 94.2 Å². The van der Waals surface area contributed by atoms with Gasteiger partial charge in [-0.25, -0.2) is 4.68 Å². The number of carboxylic acids is 2. The van der Waals surface area contributed by atoms with Crippen molar-refractivity contribution in [2.24, 2.45) is 0 Å². The summed E-state index contributed by atoms with van der Waals surface area (Å²) in [5, 5.41) is 29.0. The first-order valence-corrected chi connectivity index (χ1v) is 4.44. The molecule has 1 aromatic heterocycles. The van der Waals surface area contributed by atoms with Gasteiger partial charge in [-0.2, -0.15) is 0 Å². The van der Waals surface area contributed by atoms with Crippen LogP contribution in [0.4, 0.5) is 0 Å². The molecular formula is C7H9N5O5. The summed E-state index contributed by atoms with van der Waals surface area (Å²) in [6, 6.07) is 0. The van der Waals surface area contributed by atoms with E-state index >= 15 is 0 Å². The van der Waals surface area contributed by atoms with Crippen LogP contribution < -0.4 is 5.32 Å². The van der Waals surface area contributed by atoms with Gasteiger partial charge in [0.2, 0.25) is 5.91 Å². The zero-order valence-corrected chi connectivity index (χ0v) is 8.53. The number of amides is 1. The number of carbonyl (C=O) groups is 3. The fraction of sp³-hybridized carbons (Fsp3) is 0.429. The van der Waals surface area contributed by atoms with Gasteiger partial charge >= 0.3 is 11.9 Å². The van der Waals surface area contributed by atoms with Crippen molar-refractivity contribution in [2.75, 3.05) is 6.54 Å². The SMILES string of the molecule is O=C(O)CNC(=O)Cc1nnnn1CC(=O)O. The van der Waals surface area contributed by atoms with Crippen LogP contribution in [0.2, 0.25) is 0 Å². The molecule has 0 spiro atoms. The van der Waals surface area contributed by atoms with Gasteiger partial charge in [-0.1, -0.05) is 0 Å². The number of aliphatic carboxylic acids is 2. The smallest absolute Gasteiger partial charge is 0.325 e. The summed E-state index contributed by atoms with van der Waals surface area (Å²) >= 11 is 0. The molecule has 0 saturated heterocycles. The molecule has 0 aliphatic carbocycles. The summed E-state index contributed by atoms with van der Waals surface area (Å²) in [6.07, 6.45) is -0.284. The molecule has 17 heavy (non-hydrogen) atoms. The number of hydrogen-bond donors (Lipinski definition) is 3. The van der Waals surface area contributed by atoms with Crippen molar-refractivity contribution in [1.82, 2.24) is 25.5 Å². The molecular weight excluding hydrogens is 234 g/mol. The van der Waals surface area contributed by atoms with Gasteiger partial charge in [0.1, 0.15) is 13.1 Å². The van der Waals surface area contributed by atoms with E-state index in [-0.39, 0.29) is 12.2 Å². The topological polar surface area (TPSA) is 147 Å². The van der Waals surface area contributed by atoms with Gasteiger partial charge in [0.25, 0.3) is 0 Å². The van der Waals surface area contributed by atoms with Gasteiger partial charge in [0, 0.05) is 0 Å². The maximum atomic E-state index is 11.2. The number of tetrazole rings is 1. The Morgan fingerprint density at radius 1 is 1.24 bits per heavy atom. The largest absolute Gasteiger partial charge is 0.480 e. The van der Waals surface area contributed by atoms with Crippen molar-refractivity contribution in [3.63, 3.8) is 0 Å². The summed E-state index contributed by atoms with van der Waals surface area (Å²) in [4.78, 5) is 31.8. The lowest BCUT2D eigenvalue weighted by atomic mass is 10.3. The maximum absolute atomic E-state index is 11.2. The monoisotopic (exact) mass is 243 g/mol. The molecule has 1 aromatic rings. The molecule has 0 unspecified atom stereocenters. The van der Waals surface area contributed by atoms with Crippen molar-refractivity contribution < 1.29 is 24.6 Å². The van der Waals surface area contributed by atoms with Crippen molar-refractivity contribution in [3.8, 4) is 0 Å². The third-order valence-corrected chi connectivity index (χ3v) is 1.65. The van der Waals surface area contributed by atoms with Crippen molar-refractivity contribution >= 4 is 17.8 Å². The van der Waals surface area contributed by atoms with E-state index in [1.807, 2.05) is 0 Å². The van der Waals surface area contributed by atoms with Gasteiger partial charge in [-0.15, -0.1) is 5.10 Å². The van der Waals surface area contributed by atoms with Crippen LogP contribution in [0.15, 0.2) is 0 Å². The Balaban J connectivity index is 2.56. The average Bonchev–Trinajstić information content (AvgIpc) is 2.62. The van der Waals surface area contributed by atoms with Crippen LogP contribution in [0.3, 0.4) is 0 Å². The van der Waals surface area contributed by atoms with Crippen molar-refractivity contribution in [3.05, 3.63) is 5.82 Å². The zero-order chi connectivity index (χ0) is 12.8. The molecule has 0 bridgehead atoms. The number of aromatic nitrogens is 4. The van der Waals surface area contributed by atoms with Crippen LogP contribution in [0, 0.1) is 0 Å². The molecule has 0 saturated carbocycles. The third kappa shape index (κ3) is 4.24. The number of carboxylic acid groups (broad SMARTS) is 2. The molecule has 0 radical (unpaired) electrons. The van der Waals surface area contributed by atoms with Gasteiger partial charge in [0.15, 0.2) is 5.82 Å². The predicted molar refractivity (Wildman–Crippen MR) is 49.8 cm³/mol. The summed E-state index contributed by atoms with van der Waals surface area (Å²) in [5.74, 6) is -2.88. The molecule has 92 valence electrons. The minimum absolute atomic E-state index is 0.0512. The van der Waals surface area contributed by atoms with Crippen molar-refractivity contribution in [2.45, 2.75) is 13.0 Å². The average molecular weight is 243 g/mol. The Morgan fingerprint density at radius 3 is 2.53 bits per heavy atom. The molecule has 3 N–H and O–H groups in total. The molecule has 10 nitrogen and oxygen atoms in total. The third-order valence-electron chi connectivity index (χ3n) is 1.65. The Morgan fingerprint density at radius 2 is 1.94 bits per heavy atom. The molecule has 1 rings (SSSR count). The zero-order valence-electron chi connectivity index (χ0n) is 8.53. The minimum Gasteiger partial charge on any atom is -0.480 e. The first kappa shape index (κ1) is 12.5. The highest BCUT2D eigenvalue weighted by atomic mass is 16.4. The van der Waals surface area contributed by atoms with E-state index in [2.05, 4.69) is 20.8 Å². The standard InChI is InChI=1S/C7H9N5O5/c13-5(8-2-6(14)15)1-4-9-10-11-12(4)3-7(16)17/h1-3H2,(H,8,13)(H,14,15)(H,16,17). The molecule has 1 heterocycles. The van der Waals surface area contributed by atoms with E-state index in [0.717, 1.165) is 4.68 Å². The fourth-order valence-corrected chi connectivity index (χ4v) is 0.981. The minimum atomic E-state index is -1.18. The lowest BCUT2D eigenvalue weighted by Crippen LogP contribution is -2.31. The Hall–Kier alpha value is -2.52. The normalized spacial score (nSPS) is 9.88. The summed E-state index contributed by atoms with van der Waals surface area (Å²) in [7, 11) is 0. The van der Waals surface area contributed by atoms with E-state index in [0.29, 0.717) is 0 Å². The number of hydrogen-bond acceptors (Lipinski definition) is 6. The number of rotatable bonds is 6. The molecule has 0 fully saturated rings. The molecule has 0 aliphatic heterocycles. The Kier molecular flexibility index (Phi) is 4.08. The second-order valence-corrected chi connectivity index (χ2v) is 2.99. The summed E-state index contributed by atoms with van der Waals surface area (Å²) < 4.78 is 0.947. The highest BCUT2D eigenvalue weighted by molar-refractivity contribution is 5.82. The number of nitrogens with one attached hydrogen (secondary N) is 1. The van der Waals surface area contributed by atoms with E-state index < -0.39 is 30.9 Å². The molecule has 0 aliphatic rings. The van der Waals surface area contributed by atoms with Crippen LogP contribution in [0.1, 0.15) is 5.82 Å². The lowest BCUT2D eigenvalue weighted by molar-refractivity contribution is -0.138. The first-order chi connectivity index (χ1) is 7.99. The summed E-state index contributed by atoms with van der Waals surface area (Å²) in [5.41, 5.74) is 0. The summed E-state index contributed by atoms with van der Waals surface area (Å²) in [6.45, 7) is -0.978. The van der Waals surface area contributed by atoms with E-state index in [9.17, 15) is 14.4 Å². The van der Waals surface area contributed by atoms with Gasteiger partial charge in [-0.3, -0.25) is 14.4 Å². The van der Waals surface area contributed by atoms with Crippen LogP contribution >= 0.6 is 0 Å². The lowest BCUT2D eigenvalue weighted by Gasteiger charge is -2.02. The highest BCUT2D eigenvalue weighted by Gasteiger charge is 2.13. The van der Waals surface area contributed by atoms with Crippen LogP contribution in [-0.2, 0) is 27.3 Å². The first-order valence-electron chi connectivity index (χ1n) is 4.44. The Bertz CT molecular complexity index is 442. The molecule has 1 amide bonds. The molecule has 0 aromatic carbocycles. The van der Waals surface area contributed by atoms with Gasteiger partial charge in [-0.05, 0) is 10.4 Å². The van der Waals surface area contributed by atoms with Gasteiger partial charge in [0.05, 0.1) is 6.42 Å². The van der Waals surface area contributed by atoms with E-state index in [1.54, 1.807) is 0 Å². The van der Waals surface area contributed by atoms with E-state index in [1.165, 1.54) is 0 Å². The number of nitrogens with zero attached hydrogens (tertiary/aromatic N) is 4. The predicted octanol–water partition coefficient (Wildman–Crippen LogP) is -2.50. The van der Waals surface area contributed by atoms with Gasteiger partial charge < -0.3 is 15.5 Å². The second-order valence-electron chi connectivity index (χ2n) is 2.99. The maximum Gasteiger partial charge on any atom is 0.325 e. The van der Waals surface area contributed by atoms with Crippen LogP contribution in [0.5, 0.6) is 0 Å². The second kappa shape index (κ2) is 5.53. The van der Waals surface area contributed by atoms with Crippen LogP contribution in [0.25, 0.3) is 0 Å². The molecule has 10 heteroatoms. The fourth-order valence-electron chi connectivity index (χ4n) is 0.981. The highest BCUT2D eigenvalue weighted by Crippen LogP contribution is 1.93. The van der Waals surface area contributed by atoms with E-state index in [4.69, 9.17) is 10.2 Å². The number of carbonyl (C=O) groups excluding carboxylic acids is 1. The quantitative estimate of drug-likeness (QED) is 0.496. The molecule has 0 atom stereocenters.